The van der Waals surface area contributed by atoms with Gasteiger partial charge in [-0.3, -0.25) is 15.0 Å². The fraction of sp³-hybridized carbons (Fsp3) is 0.333. The van der Waals surface area contributed by atoms with Crippen LogP contribution in [-0.2, 0) is 14.4 Å². The first-order valence-corrected chi connectivity index (χ1v) is 7.29. The van der Waals surface area contributed by atoms with Gasteiger partial charge in [-0.25, -0.2) is 0 Å². The van der Waals surface area contributed by atoms with E-state index in [9.17, 15) is 9.59 Å². The second-order valence-corrected chi connectivity index (χ2v) is 5.41. The molecule has 0 fully saturated rings. The Kier molecular flexibility index (Phi) is 5.48. The number of rotatable bonds is 7. The molecule has 1 aliphatic rings. The molecule has 0 bridgehead atoms. The SMILES string of the molecule is N=C(N)c1ccc(C2=NOC(CC(=O)NC[C@H](N)C(=O)O)C2)cc1. The maximum atomic E-state index is 11.8. The standard InChI is InChI=1S/C15H19N5O4/c16-11(15(22)23)7-19-13(21)6-10-5-12(20-24-10)8-1-3-9(4-2-8)14(17)18/h1-4,10-11H,5-7,16H2,(H3,17,18)(H,19,21)(H,22,23)/t10?,11-/m0/s1. The van der Waals surface area contributed by atoms with Crippen molar-refractivity contribution < 1.29 is 19.5 Å². The molecular formula is C15H19N5O4. The van der Waals surface area contributed by atoms with Crippen molar-refractivity contribution in [2.24, 2.45) is 16.6 Å². The largest absolute Gasteiger partial charge is 0.480 e. The Balaban J connectivity index is 1.83. The Morgan fingerprint density at radius 2 is 2.08 bits per heavy atom. The zero-order valence-corrected chi connectivity index (χ0v) is 12.9. The van der Waals surface area contributed by atoms with Gasteiger partial charge in [0.1, 0.15) is 18.0 Å². The molecule has 9 heteroatoms. The van der Waals surface area contributed by atoms with Crippen molar-refractivity contribution in [3.8, 4) is 0 Å². The molecule has 1 unspecified atom stereocenters. The Morgan fingerprint density at radius 3 is 2.67 bits per heavy atom. The number of amidine groups is 1. The second kappa shape index (κ2) is 7.55. The number of carboxylic acids is 1. The lowest BCUT2D eigenvalue weighted by molar-refractivity contribution is -0.138. The minimum Gasteiger partial charge on any atom is -0.480 e. The van der Waals surface area contributed by atoms with Crippen LogP contribution in [0.15, 0.2) is 29.4 Å². The second-order valence-electron chi connectivity index (χ2n) is 5.41. The van der Waals surface area contributed by atoms with E-state index < -0.39 is 18.1 Å². The third kappa shape index (κ3) is 4.53. The Labute approximate surface area is 138 Å². The van der Waals surface area contributed by atoms with Crippen molar-refractivity contribution in [2.75, 3.05) is 6.54 Å². The fourth-order valence-corrected chi connectivity index (χ4v) is 2.14. The van der Waals surface area contributed by atoms with E-state index in [1.54, 1.807) is 24.3 Å². The van der Waals surface area contributed by atoms with Crippen LogP contribution < -0.4 is 16.8 Å². The van der Waals surface area contributed by atoms with E-state index in [1.807, 2.05) is 0 Å². The third-order valence-electron chi connectivity index (χ3n) is 3.51. The Bertz CT molecular complexity index is 671. The van der Waals surface area contributed by atoms with E-state index in [-0.39, 0.29) is 24.7 Å². The highest BCUT2D eigenvalue weighted by Gasteiger charge is 2.25. The molecule has 0 spiro atoms. The van der Waals surface area contributed by atoms with Crippen LogP contribution in [0.4, 0.5) is 0 Å². The van der Waals surface area contributed by atoms with Crippen LogP contribution in [-0.4, -0.2) is 47.2 Å². The summed E-state index contributed by atoms with van der Waals surface area (Å²) in [6.45, 7) is -0.138. The highest BCUT2D eigenvalue weighted by molar-refractivity contribution is 6.02. The van der Waals surface area contributed by atoms with Gasteiger partial charge in [0.05, 0.1) is 12.1 Å². The van der Waals surface area contributed by atoms with Gasteiger partial charge >= 0.3 is 5.97 Å². The summed E-state index contributed by atoms with van der Waals surface area (Å²) in [4.78, 5) is 27.6. The molecule has 1 aliphatic heterocycles. The molecule has 24 heavy (non-hydrogen) atoms. The quantitative estimate of drug-likeness (QED) is 0.330. The van der Waals surface area contributed by atoms with E-state index in [0.717, 1.165) is 5.56 Å². The molecule has 1 amide bonds. The summed E-state index contributed by atoms with van der Waals surface area (Å²) in [5.74, 6) is -1.53. The number of carboxylic acid groups (broad SMARTS) is 1. The first-order chi connectivity index (χ1) is 11.4. The van der Waals surface area contributed by atoms with Crippen LogP contribution in [0.25, 0.3) is 0 Å². The number of amides is 1. The highest BCUT2D eigenvalue weighted by atomic mass is 16.6. The summed E-state index contributed by atoms with van der Waals surface area (Å²) in [5.41, 5.74) is 12.9. The number of oxime groups is 1. The molecule has 0 radical (unpaired) electrons. The van der Waals surface area contributed by atoms with Crippen LogP contribution in [0, 0.1) is 5.41 Å². The van der Waals surface area contributed by atoms with E-state index in [0.29, 0.717) is 17.7 Å². The van der Waals surface area contributed by atoms with E-state index in [2.05, 4.69) is 10.5 Å². The molecule has 0 aliphatic carbocycles. The molecule has 1 aromatic rings. The summed E-state index contributed by atoms with van der Waals surface area (Å²) in [5, 5.41) is 22.4. The molecule has 128 valence electrons. The number of carbonyl (C=O) groups is 2. The number of hydrogen-bond acceptors (Lipinski definition) is 6. The molecule has 1 aromatic carbocycles. The molecule has 2 atom stereocenters. The first kappa shape index (κ1) is 17.4. The molecule has 2 rings (SSSR count). The number of nitrogen functional groups attached to an aromatic ring is 1. The van der Waals surface area contributed by atoms with Crippen molar-refractivity contribution in [3.05, 3.63) is 35.4 Å². The average Bonchev–Trinajstić information content (AvgIpc) is 3.01. The van der Waals surface area contributed by atoms with Gasteiger partial charge in [-0.15, -0.1) is 0 Å². The lowest BCUT2D eigenvalue weighted by Gasteiger charge is -2.11. The van der Waals surface area contributed by atoms with Gasteiger partial charge in [-0.05, 0) is 5.56 Å². The number of aliphatic carboxylic acids is 1. The Morgan fingerprint density at radius 1 is 1.42 bits per heavy atom. The first-order valence-electron chi connectivity index (χ1n) is 7.29. The minimum absolute atomic E-state index is 0.0136. The lowest BCUT2D eigenvalue weighted by atomic mass is 10.0. The number of carbonyl (C=O) groups excluding carboxylic acids is 1. The molecule has 9 nitrogen and oxygen atoms in total. The van der Waals surface area contributed by atoms with Crippen molar-refractivity contribution in [1.82, 2.24) is 5.32 Å². The zero-order chi connectivity index (χ0) is 17.7. The van der Waals surface area contributed by atoms with Crippen molar-refractivity contribution in [1.29, 1.82) is 5.41 Å². The average molecular weight is 333 g/mol. The van der Waals surface area contributed by atoms with Crippen LogP contribution >= 0.6 is 0 Å². The summed E-state index contributed by atoms with van der Waals surface area (Å²) in [6, 6.07) is 5.87. The molecular weight excluding hydrogens is 314 g/mol. The topological polar surface area (TPSA) is 164 Å². The number of nitrogens with two attached hydrogens (primary N) is 2. The van der Waals surface area contributed by atoms with Gasteiger partial charge in [-0.2, -0.15) is 0 Å². The summed E-state index contributed by atoms with van der Waals surface area (Å²) in [6.07, 6.45) is 0.108. The van der Waals surface area contributed by atoms with Crippen molar-refractivity contribution in [3.63, 3.8) is 0 Å². The molecule has 0 saturated carbocycles. The number of benzene rings is 1. The molecule has 1 heterocycles. The van der Waals surface area contributed by atoms with Gasteiger partial charge in [0.15, 0.2) is 0 Å². The number of hydrogen-bond donors (Lipinski definition) is 5. The van der Waals surface area contributed by atoms with Gasteiger partial charge in [-0.1, -0.05) is 29.4 Å². The van der Waals surface area contributed by atoms with Crippen LogP contribution in [0.3, 0.4) is 0 Å². The van der Waals surface area contributed by atoms with Gasteiger partial charge in [0.25, 0.3) is 0 Å². The van der Waals surface area contributed by atoms with Gasteiger partial charge in [0, 0.05) is 18.5 Å². The zero-order valence-electron chi connectivity index (χ0n) is 12.9. The smallest absolute Gasteiger partial charge is 0.322 e. The van der Waals surface area contributed by atoms with Gasteiger partial charge < -0.3 is 26.7 Å². The van der Waals surface area contributed by atoms with E-state index in [4.69, 9.17) is 26.8 Å². The monoisotopic (exact) mass is 333 g/mol. The van der Waals surface area contributed by atoms with E-state index >= 15 is 0 Å². The highest BCUT2D eigenvalue weighted by Crippen LogP contribution is 2.19. The molecule has 7 N–H and O–H groups in total. The summed E-state index contributed by atoms with van der Waals surface area (Å²) in [7, 11) is 0. The number of nitrogens with one attached hydrogen (secondary N) is 2. The molecule has 0 aromatic heterocycles. The fourth-order valence-electron chi connectivity index (χ4n) is 2.14. The van der Waals surface area contributed by atoms with Gasteiger partial charge in [0.2, 0.25) is 5.91 Å². The number of nitrogens with zero attached hydrogens (tertiary/aromatic N) is 1. The predicted molar refractivity (Wildman–Crippen MR) is 86.7 cm³/mol. The summed E-state index contributed by atoms with van der Waals surface area (Å²) >= 11 is 0. The summed E-state index contributed by atoms with van der Waals surface area (Å²) < 4.78 is 0. The third-order valence-corrected chi connectivity index (χ3v) is 3.51. The normalized spacial score (nSPS) is 17.5. The van der Waals surface area contributed by atoms with Crippen molar-refractivity contribution >= 4 is 23.4 Å². The minimum atomic E-state index is -1.17. The Hall–Kier alpha value is -2.94. The van der Waals surface area contributed by atoms with Crippen molar-refractivity contribution in [2.45, 2.75) is 25.0 Å². The lowest BCUT2D eigenvalue weighted by Crippen LogP contribution is -2.43. The van der Waals surface area contributed by atoms with Crippen LogP contribution in [0.2, 0.25) is 0 Å². The van der Waals surface area contributed by atoms with Crippen LogP contribution in [0.1, 0.15) is 24.0 Å². The maximum Gasteiger partial charge on any atom is 0.322 e. The van der Waals surface area contributed by atoms with E-state index in [1.165, 1.54) is 0 Å². The maximum absolute atomic E-state index is 11.8. The predicted octanol–water partition coefficient (Wildman–Crippen LogP) is -0.618. The molecule has 0 saturated heterocycles. The van der Waals surface area contributed by atoms with Crippen LogP contribution in [0.5, 0.6) is 0 Å².